The zero-order valence-corrected chi connectivity index (χ0v) is 11.5. The van der Waals surface area contributed by atoms with Gasteiger partial charge < -0.3 is 10.5 Å². The van der Waals surface area contributed by atoms with E-state index < -0.39 is 9.84 Å². The molecule has 0 atom stereocenters. The van der Waals surface area contributed by atoms with Crippen molar-refractivity contribution in [3.63, 3.8) is 0 Å². The second-order valence-corrected chi connectivity index (χ2v) is 6.93. The molecule has 0 bridgehead atoms. The third kappa shape index (κ3) is 2.46. The molecule has 5 nitrogen and oxygen atoms in total. The molecule has 2 rings (SSSR count). The van der Waals surface area contributed by atoms with Crippen molar-refractivity contribution < 1.29 is 13.2 Å². The molecule has 0 unspecified atom stereocenters. The summed E-state index contributed by atoms with van der Waals surface area (Å²) in [5.41, 5.74) is 6.68. The lowest BCUT2D eigenvalue weighted by Gasteiger charge is -2.02. The summed E-state index contributed by atoms with van der Waals surface area (Å²) in [7, 11) is -1.76. The van der Waals surface area contributed by atoms with Crippen LogP contribution >= 0.6 is 11.3 Å². The van der Waals surface area contributed by atoms with Crippen molar-refractivity contribution in [3.05, 3.63) is 24.3 Å². The Hall–Kier alpha value is -1.60. The van der Waals surface area contributed by atoms with Crippen LogP contribution in [0.1, 0.15) is 0 Å². The predicted molar refractivity (Wildman–Crippen MR) is 71.6 cm³/mol. The fourth-order valence-corrected chi connectivity index (χ4v) is 3.47. The zero-order valence-electron chi connectivity index (χ0n) is 9.88. The van der Waals surface area contributed by atoms with Crippen LogP contribution in [0.4, 0.5) is 5.13 Å². The lowest BCUT2D eigenvalue weighted by Crippen LogP contribution is -1.96. The van der Waals surface area contributed by atoms with E-state index in [1.165, 1.54) is 0 Å². The number of ether oxygens (including phenoxy) is 1. The van der Waals surface area contributed by atoms with Gasteiger partial charge >= 0.3 is 0 Å². The molecule has 0 aliphatic heterocycles. The van der Waals surface area contributed by atoms with E-state index in [0.29, 0.717) is 17.0 Å². The van der Waals surface area contributed by atoms with Crippen LogP contribution in [0, 0.1) is 0 Å². The number of aromatic nitrogens is 1. The number of sulfone groups is 1. The Morgan fingerprint density at radius 3 is 2.39 bits per heavy atom. The maximum atomic E-state index is 11.7. The number of benzene rings is 1. The van der Waals surface area contributed by atoms with Crippen LogP contribution in [0.5, 0.6) is 5.75 Å². The average molecular weight is 284 g/mol. The van der Waals surface area contributed by atoms with E-state index in [2.05, 4.69) is 4.98 Å². The summed E-state index contributed by atoms with van der Waals surface area (Å²) in [6.45, 7) is 0. The van der Waals surface area contributed by atoms with E-state index in [1.807, 2.05) is 0 Å². The smallest absolute Gasteiger partial charge is 0.187 e. The van der Waals surface area contributed by atoms with Gasteiger partial charge in [0.1, 0.15) is 15.7 Å². The van der Waals surface area contributed by atoms with Gasteiger partial charge in [-0.15, -0.1) is 0 Å². The molecule has 0 saturated heterocycles. The Morgan fingerprint density at radius 1 is 1.28 bits per heavy atom. The summed E-state index contributed by atoms with van der Waals surface area (Å²) in [6.07, 6.45) is 1.15. The summed E-state index contributed by atoms with van der Waals surface area (Å²) < 4.78 is 28.5. The Labute approximate surface area is 109 Å². The average Bonchev–Trinajstić information content (AvgIpc) is 2.71. The highest BCUT2D eigenvalue weighted by molar-refractivity contribution is 7.93. The van der Waals surface area contributed by atoms with E-state index in [1.54, 1.807) is 31.4 Å². The molecule has 2 aromatic rings. The monoisotopic (exact) mass is 284 g/mol. The van der Waals surface area contributed by atoms with Crippen LogP contribution in [0.3, 0.4) is 0 Å². The molecule has 0 saturated carbocycles. The van der Waals surface area contributed by atoms with Gasteiger partial charge in [0.2, 0.25) is 0 Å². The van der Waals surface area contributed by atoms with Crippen molar-refractivity contribution in [2.45, 2.75) is 4.21 Å². The van der Waals surface area contributed by atoms with Crippen LogP contribution in [0.2, 0.25) is 0 Å². The fraction of sp³-hybridized carbons (Fsp3) is 0.182. The van der Waals surface area contributed by atoms with Crippen LogP contribution in [-0.2, 0) is 9.84 Å². The van der Waals surface area contributed by atoms with Crippen LogP contribution in [-0.4, -0.2) is 26.8 Å². The molecule has 18 heavy (non-hydrogen) atoms. The van der Waals surface area contributed by atoms with Gasteiger partial charge in [-0.05, 0) is 24.3 Å². The molecular weight excluding hydrogens is 272 g/mol. The van der Waals surface area contributed by atoms with E-state index in [9.17, 15) is 8.42 Å². The first-order valence-electron chi connectivity index (χ1n) is 5.02. The van der Waals surface area contributed by atoms with Crippen LogP contribution < -0.4 is 10.5 Å². The number of thiazole rings is 1. The summed E-state index contributed by atoms with van der Waals surface area (Å²) in [5.74, 6) is 0.697. The standard InChI is InChI=1S/C11H12N2O3S2/c1-16-8-5-3-7(4-6-8)9-10(18(2,14)15)17-11(12)13-9/h3-6H,1-2H3,(H2,12,13). The molecule has 0 fully saturated rings. The van der Waals surface area contributed by atoms with Gasteiger partial charge in [0.15, 0.2) is 15.0 Å². The molecule has 1 aromatic carbocycles. The molecule has 96 valence electrons. The van der Waals surface area contributed by atoms with E-state index in [0.717, 1.165) is 17.6 Å². The van der Waals surface area contributed by atoms with Gasteiger partial charge in [0.25, 0.3) is 0 Å². The lowest BCUT2D eigenvalue weighted by molar-refractivity contribution is 0.415. The molecule has 0 spiro atoms. The Morgan fingerprint density at radius 2 is 1.89 bits per heavy atom. The number of nitrogens with two attached hydrogens (primary N) is 1. The first-order valence-corrected chi connectivity index (χ1v) is 7.73. The molecule has 0 radical (unpaired) electrons. The summed E-state index contributed by atoms with van der Waals surface area (Å²) >= 11 is 0.974. The Kier molecular flexibility index (Phi) is 3.27. The topological polar surface area (TPSA) is 82.3 Å². The minimum atomic E-state index is -3.33. The molecule has 2 N–H and O–H groups in total. The van der Waals surface area contributed by atoms with Crippen molar-refractivity contribution in [2.24, 2.45) is 0 Å². The summed E-state index contributed by atoms with van der Waals surface area (Å²) in [5, 5.41) is 0.237. The minimum Gasteiger partial charge on any atom is -0.497 e. The van der Waals surface area contributed by atoms with Gasteiger partial charge in [0.05, 0.1) is 7.11 Å². The number of nitrogen functional groups attached to an aromatic ring is 1. The molecule has 0 aliphatic carbocycles. The highest BCUT2D eigenvalue weighted by atomic mass is 32.2. The molecule has 7 heteroatoms. The first-order chi connectivity index (χ1) is 8.41. The van der Waals surface area contributed by atoms with Gasteiger partial charge in [-0.1, -0.05) is 11.3 Å². The normalized spacial score (nSPS) is 11.4. The largest absolute Gasteiger partial charge is 0.497 e. The van der Waals surface area contributed by atoms with Gasteiger partial charge in [-0.25, -0.2) is 13.4 Å². The van der Waals surface area contributed by atoms with Crippen molar-refractivity contribution in [3.8, 4) is 17.0 Å². The molecule has 1 heterocycles. The Bertz CT molecular complexity index is 660. The van der Waals surface area contributed by atoms with Gasteiger partial charge in [0, 0.05) is 11.8 Å². The number of rotatable bonds is 3. The van der Waals surface area contributed by atoms with Crippen LogP contribution in [0.25, 0.3) is 11.3 Å². The van der Waals surface area contributed by atoms with Crippen molar-refractivity contribution in [1.82, 2.24) is 4.98 Å². The summed E-state index contributed by atoms with van der Waals surface area (Å²) in [4.78, 5) is 4.08. The maximum absolute atomic E-state index is 11.7. The van der Waals surface area contributed by atoms with E-state index in [-0.39, 0.29) is 9.34 Å². The molecule has 0 amide bonds. The number of hydrogen-bond donors (Lipinski definition) is 1. The number of nitrogens with zero attached hydrogens (tertiary/aromatic N) is 1. The highest BCUT2D eigenvalue weighted by Gasteiger charge is 2.20. The van der Waals surface area contributed by atoms with Gasteiger partial charge in [-0.3, -0.25) is 0 Å². The third-order valence-electron chi connectivity index (χ3n) is 2.31. The van der Waals surface area contributed by atoms with Crippen molar-refractivity contribution in [2.75, 3.05) is 19.1 Å². The molecule has 1 aromatic heterocycles. The maximum Gasteiger partial charge on any atom is 0.187 e. The second-order valence-electron chi connectivity index (χ2n) is 3.69. The number of methoxy groups -OCH3 is 1. The first kappa shape index (κ1) is 12.8. The number of anilines is 1. The lowest BCUT2D eigenvalue weighted by atomic mass is 10.2. The van der Waals surface area contributed by atoms with Gasteiger partial charge in [-0.2, -0.15) is 0 Å². The Balaban J connectivity index is 2.56. The second kappa shape index (κ2) is 4.58. The zero-order chi connectivity index (χ0) is 13.3. The van der Waals surface area contributed by atoms with E-state index in [4.69, 9.17) is 10.5 Å². The highest BCUT2D eigenvalue weighted by Crippen LogP contribution is 2.33. The van der Waals surface area contributed by atoms with Crippen molar-refractivity contribution >= 4 is 26.3 Å². The number of hydrogen-bond acceptors (Lipinski definition) is 6. The molecular formula is C11H12N2O3S2. The van der Waals surface area contributed by atoms with Crippen molar-refractivity contribution in [1.29, 1.82) is 0 Å². The molecule has 0 aliphatic rings. The fourth-order valence-electron chi connectivity index (χ4n) is 1.50. The summed E-state index contributed by atoms with van der Waals surface area (Å²) in [6, 6.07) is 7.00. The minimum absolute atomic E-state index is 0.185. The SMILES string of the molecule is COc1ccc(-c2nc(N)sc2S(C)(=O)=O)cc1. The predicted octanol–water partition coefficient (Wildman–Crippen LogP) is 1.80. The quantitative estimate of drug-likeness (QED) is 0.929. The third-order valence-corrected chi connectivity index (χ3v) is 5.02. The van der Waals surface area contributed by atoms with E-state index >= 15 is 0 Å². The van der Waals surface area contributed by atoms with Crippen LogP contribution in [0.15, 0.2) is 28.5 Å².